The Labute approximate surface area is 39.9 Å². The highest BCUT2D eigenvalue weighted by atomic mass is 16.7. The van der Waals surface area contributed by atoms with Crippen molar-refractivity contribution in [1.29, 1.82) is 0 Å². The number of aliphatic hydroxyl groups excluding tert-OH is 1. The minimum atomic E-state index is -0.824. The molecule has 0 radical (unpaired) electrons. The van der Waals surface area contributed by atoms with E-state index in [1.54, 1.807) is 0 Å². The van der Waals surface area contributed by atoms with E-state index < -0.39 is 12.6 Å². The summed E-state index contributed by atoms with van der Waals surface area (Å²) in [6.07, 6.45) is 0. The number of hydrogen-bond donors (Lipinski definition) is 2. The molecule has 5 N–H and O–H groups in total. The van der Waals surface area contributed by atoms with Crippen LogP contribution in [0.2, 0.25) is 0 Å². The van der Waals surface area contributed by atoms with Crippen molar-refractivity contribution in [3.63, 3.8) is 0 Å². The van der Waals surface area contributed by atoms with Crippen LogP contribution in [0.1, 0.15) is 0 Å². The van der Waals surface area contributed by atoms with E-state index in [4.69, 9.17) is 5.11 Å². The van der Waals surface area contributed by atoms with E-state index in [2.05, 4.69) is 10.7 Å². The first-order chi connectivity index (χ1) is 2.81. The number of rotatable bonds is 1. The number of nitrogens with two attached hydrogens (primary N) is 1. The molecule has 0 aromatic heterocycles. The normalized spacial score (nSPS) is 6.57. The third-order valence-corrected chi connectivity index (χ3v) is 0.261. The summed E-state index contributed by atoms with van der Waals surface area (Å²) in [6.45, 7) is -0.656. The Kier molecular flexibility index (Phi) is 7.34. The first kappa shape index (κ1) is 9.61. The van der Waals surface area contributed by atoms with Crippen LogP contribution in [0.4, 0.5) is 0 Å². The summed E-state index contributed by atoms with van der Waals surface area (Å²) in [4.78, 5) is 13.1. The Hall–Kier alpha value is -0.650. The number of carbonyl (C=O) groups is 1. The Morgan fingerprint density at radius 2 is 2.29 bits per heavy atom. The van der Waals surface area contributed by atoms with Gasteiger partial charge in [0.2, 0.25) is 0 Å². The van der Waals surface area contributed by atoms with Crippen molar-refractivity contribution in [3.05, 3.63) is 0 Å². The Morgan fingerprint density at radius 1 is 1.86 bits per heavy atom. The predicted molar refractivity (Wildman–Crippen MR) is 21.0 cm³/mol. The van der Waals surface area contributed by atoms with Crippen molar-refractivity contribution in [2.45, 2.75) is 0 Å². The summed E-state index contributed by atoms with van der Waals surface area (Å²) in [7, 11) is 0. The predicted octanol–water partition coefficient (Wildman–Crippen LogP) is -2.43. The Bertz CT molecular complexity index is 47.7. The average Bonchev–Trinajstić information content (AvgIpc) is 1.65. The fraction of sp³-hybridized carbons (Fsp3) is 0.500. The molecule has 0 aromatic carbocycles. The Balaban J connectivity index is 0. The Morgan fingerprint density at radius 3 is 2.29 bits per heavy atom. The van der Waals surface area contributed by atoms with Gasteiger partial charge in [0.15, 0.2) is 0 Å². The van der Waals surface area contributed by atoms with Gasteiger partial charge in [-0.25, -0.2) is 4.79 Å². The van der Waals surface area contributed by atoms with Crippen LogP contribution in [0.25, 0.3) is 0 Å². The molecule has 0 saturated carbocycles. The maximum atomic E-state index is 9.58. The molecule has 0 fully saturated rings. The van der Waals surface area contributed by atoms with Crippen LogP contribution < -0.4 is 5.90 Å². The van der Waals surface area contributed by atoms with Crippen LogP contribution in [0.15, 0.2) is 0 Å². The molecule has 5 heteroatoms. The molecule has 0 bridgehead atoms. The lowest BCUT2D eigenvalue weighted by atomic mass is 10.8. The van der Waals surface area contributed by atoms with Gasteiger partial charge in [-0.2, -0.15) is 5.90 Å². The maximum Gasteiger partial charge on any atom is 0.350 e. The second kappa shape index (κ2) is 5.35. The van der Waals surface area contributed by atoms with Gasteiger partial charge >= 0.3 is 5.97 Å². The van der Waals surface area contributed by atoms with Gasteiger partial charge in [-0.1, -0.05) is 0 Å². The van der Waals surface area contributed by atoms with Crippen molar-refractivity contribution in [3.8, 4) is 0 Å². The number of aliphatic hydroxyl groups is 1. The van der Waals surface area contributed by atoms with Crippen LogP contribution in [-0.4, -0.2) is 23.2 Å². The molecule has 44 valence electrons. The lowest BCUT2D eigenvalue weighted by molar-refractivity contribution is -0.147. The second-order valence-corrected chi connectivity index (χ2v) is 0.648. The second-order valence-electron chi connectivity index (χ2n) is 0.648. The van der Waals surface area contributed by atoms with Gasteiger partial charge in [0.1, 0.15) is 6.61 Å². The minimum Gasteiger partial charge on any atom is -0.412 e. The molecule has 0 rings (SSSR count). The summed E-state index contributed by atoms with van der Waals surface area (Å²) in [5, 5.41) is 7.78. The molecule has 0 aliphatic heterocycles. The van der Waals surface area contributed by atoms with Crippen molar-refractivity contribution >= 4 is 5.97 Å². The van der Waals surface area contributed by atoms with Crippen LogP contribution >= 0.6 is 0 Å². The molecule has 7 heavy (non-hydrogen) atoms. The standard InChI is InChI=1S/C2H5NO3.H2O/c3-6-2(5)1-4;/h4H,1,3H2;1H2. The summed E-state index contributed by atoms with van der Waals surface area (Å²) in [6, 6.07) is 0. The largest absolute Gasteiger partial charge is 0.412 e. The van der Waals surface area contributed by atoms with E-state index >= 15 is 0 Å². The van der Waals surface area contributed by atoms with Gasteiger partial charge in [0.05, 0.1) is 0 Å². The van der Waals surface area contributed by atoms with E-state index in [1.807, 2.05) is 0 Å². The van der Waals surface area contributed by atoms with Crippen LogP contribution in [0, 0.1) is 0 Å². The highest BCUT2D eigenvalue weighted by molar-refractivity contribution is 5.69. The molecular weight excluding hydrogens is 102 g/mol. The summed E-state index contributed by atoms with van der Waals surface area (Å²) >= 11 is 0. The SMILES string of the molecule is NOC(=O)CO.O. The zero-order valence-corrected chi connectivity index (χ0v) is 3.55. The number of hydrogen-bond acceptors (Lipinski definition) is 4. The van der Waals surface area contributed by atoms with Gasteiger partial charge in [-0.3, -0.25) is 0 Å². The van der Waals surface area contributed by atoms with E-state index in [9.17, 15) is 4.79 Å². The third kappa shape index (κ3) is 5.35. The van der Waals surface area contributed by atoms with E-state index in [0.29, 0.717) is 0 Å². The molecule has 0 saturated heterocycles. The summed E-state index contributed by atoms with van der Waals surface area (Å²) < 4.78 is 0. The quantitative estimate of drug-likeness (QED) is 0.365. The van der Waals surface area contributed by atoms with Crippen molar-refractivity contribution < 1.29 is 20.2 Å². The first-order valence-corrected chi connectivity index (χ1v) is 1.31. The lowest BCUT2D eigenvalue weighted by Crippen LogP contribution is -2.12. The molecule has 0 atom stereocenters. The van der Waals surface area contributed by atoms with Gasteiger partial charge in [0.25, 0.3) is 0 Å². The maximum absolute atomic E-state index is 9.58. The fourth-order valence-corrected chi connectivity index (χ4v) is 0.0373. The van der Waals surface area contributed by atoms with Crippen molar-refractivity contribution in [1.82, 2.24) is 0 Å². The van der Waals surface area contributed by atoms with Gasteiger partial charge < -0.3 is 15.4 Å². The summed E-state index contributed by atoms with van der Waals surface area (Å²) in [5.41, 5.74) is 0. The topological polar surface area (TPSA) is 104 Å². The third-order valence-electron chi connectivity index (χ3n) is 0.261. The monoisotopic (exact) mass is 109 g/mol. The number of carbonyl (C=O) groups excluding carboxylic acids is 1. The molecule has 5 nitrogen and oxygen atoms in total. The van der Waals surface area contributed by atoms with Crippen LogP contribution in [0.5, 0.6) is 0 Å². The molecule has 0 amide bonds. The minimum absolute atomic E-state index is 0. The van der Waals surface area contributed by atoms with E-state index in [1.165, 1.54) is 0 Å². The molecule has 0 heterocycles. The smallest absolute Gasteiger partial charge is 0.350 e. The molecular formula is C2H7NO4. The summed E-state index contributed by atoms with van der Waals surface area (Å²) in [5.74, 6) is 3.45. The average molecular weight is 109 g/mol. The van der Waals surface area contributed by atoms with Crippen molar-refractivity contribution in [2.24, 2.45) is 5.90 Å². The van der Waals surface area contributed by atoms with Crippen LogP contribution in [0.3, 0.4) is 0 Å². The van der Waals surface area contributed by atoms with Gasteiger partial charge in [-0.15, -0.1) is 0 Å². The molecule has 0 aromatic rings. The van der Waals surface area contributed by atoms with Crippen molar-refractivity contribution in [2.75, 3.05) is 6.61 Å². The molecule has 0 spiro atoms. The highest BCUT2D eigenvalue weighted by Gasteiger charge is 1.90. The molecule has 0 aliphatic carbocycles. The zero-order valence-electron chi connectivity index (χ0n) is 3.55. The highest BCUT2D eigenvalue weighted by Crippen LogP contribution is 1.59. The zero-order chi connectivity index (χ0) is 4.99. The van der Waals surface area contributed by atoms with Crippen LogP contribution in [-0.2, 0) is 9.63 Å². The fourth-order valence-electron chi connectivity index (χ4n) is 0.0373. The first-order valence-electron chi connectivity index (χ1n) is 1.31. The molecule has 0 aliphatic rings. The van der Waals surface area contributed by atoms with E-state index in [0.717, 1.165) is 0 Å². The van der Waals surface area contributed by atoms with E-state index in [-0.39, 0.29) is 5.48 Å². The molecule has 0 unspecified atom stereocenters. The lowest BCUT2D eigenvalue weighted by Gasteiger charge is -1.85. The van der Waals surface area contributed by atoms with Gasteiger partial charge in [-0.05, 0) is 0 Å². The van der Waals surface area contributed by atoms with Gasteiger partial charge in [0, 0.05) is 0 Å².